The van der Waals surface area contributed by atoms with E-state index in [1.54, 1.807) is 13.3 Å². The average molecular weight is 246 g/mol. The van der Waals surface area contributed by atoms with Gasteiger partial charge in [-0.25, -0.2) is 4.98 Å². The van der Waals surface area contributed by atoms with Crippen molar-refractivity contribution in [2.24, 2.45) is 7.05 Å². The van der Waals surface area contributed by atoms with Gasteiger partial charge in [0.2, 0.25) is 5.88 Å². The number of nitrogens with zero attached hydrogens (tertiary/aromatic N) is 3. The number of methoxy groups -OCH3 is 1. The van der Waals surface area contributed by atoms with Crippen LogP contribution >= 0.6 is 0 Å². The van der Waals surface area contributed by atoms with Crippen molar-refractivity contribution in [1.29, 1.82) is 0 Å². The Balaban J connectivity index is 2.06. The Morgan fingerprint density at radius 1 is 1.33 bits per heavy atom. The number of hydrogen-bond donors (Lipinski definition) is 1. The van der Waals surface area contributed by atoms with Gasteiger partial charge in [-0.1, -0.05) is 0 Å². The first-order chi connectivity index (χ1) is 8.61. The summed E-state index contributed by atoms with van der Waals surface area (Å²) >= 11 is 0. The fourth-order valence-corrected chi connectivity index (χ4v) is 1.87. The molecule has 0 fully saturated rings. The van der Waals surface area contributed by atoms with Gasteiger partial charge in [0.25, 0.3) is 0 Å². The Labute approximate surface area is 107 Å². The maximum Gasteiger partial charge on any atom is 0.213 e. The lowest BCUT2D eigenvalue weighted by atomic mass is 10.2. The Kier molecular flexibility index (Phi) is 3.50. The Hall–Kier alpha value is -2.04. The van der Waals surface area contributed by atoms with Crippen molar-refractivity contribution in [2.75, 3.05) is 12.4 Å². The van der Waals surface area contributed by atoms with Gasteiger partial charge in [0.05, 0.1) is 24.7 Å². The quantitative estimate of drug-likeness (QED) is 0.897. The molecule has 0 spiro atoms. The number of anilines is 1. The van der Waals surface area contributed by atoms with Gasteiger partial charge in [-0.3, -0.25) is 4.68 Å². The molecule has 0 atom stereocenters. The van der Waals surface area contributed by atoms with E-state index >= 15 is 0 Å². The molecule has 2 aromatic heterocycles. The minimum atomic E-state index is 0.620. The predicted molar refractivity (Wildman–Crippen MR) is 70.8 cm³/mol. The number of aryl methyl sites for hydroxylation is 2. The van der Waals surface area contributed by atoms with Gasteiger partial charge in [0.15, 0.2) is 0 Å². The topological polar surface area (TPSA) is 52.0 Å². The predicted octanol–water partition coefficient (Wildman–Crippen LogP) is 2.05. The van der Waals surface area contributed by atoms with Gasteiger partial charge in [-0.2, -0.15) is 5.10 Å². The Morgan fingerprint density at radius 2 is 2.11 bits per heavy atom. The minimum Gasteiger partial charge on any atom is -0.481 e. The third-order valence-electron chi connectivity index (χ3n) is 3.07. The van der Waals surface area contributed by atoms with Gasteiger partial charge in [0, 0.05) is 30.9 Å². The highest BCUT2D eigenvalue weighted by Crippen LogP contribution is 2.16. The average Bonchev–Trinajstić information content (AvgIpc) is 2.62. The van der Waals surface area contributed by atoms with Crippen LogP contribution in [0.25, 0.3) is 0 Å². The molecular formula is C13H18N4O. The van der Waals surface area contributed by atoms with Crippen LogP contribution in [0.4, 0.5) is 5.69 Å². The zero-order valence-corrected chi connectivity index (χ0v) is 11.2. The molecule has 0 unspecified atom stereocenters. The van der Waals surface area contributed by atoms with E-state index in [-0.39, 0.29) is 0 Å². The fraction of sp³-hybridized carbons (Fsp3) is 0.385. The number of aromatic nitrogens is 3. The van der Waals surface area contributed by atoms with Gasteiger partial charge in [-0.05, 0) is 19.9 Å². The molecule has 0 aliphatic rings. The first-order valence-electron chi connectivity index (χ1n) is 5.85. The van der Waals surface area contributed by atoms with Crippen LogP contribution < -0.4 is 10.1 Å². The normalized spacial score (nSPS) is 10.4. The van der Waals surface area contributed by atoms with Crippen LogP contribution in [0.1, 0.15) is 17.0 Å². The van der Waals surface area contributed by atoms with Crippen molar-refractivity contribution in [1.82, 2.24) is 14.8 Å². The van der Waals surface area contributed by atoms with Crippen LogP contribution in [0, 0.1) is 13.8 Å². The standard InChI is InChI=1S/C13H18N4O/c1-9-12(10(2)17(3)16-9)8-14-11-5-6-13(18-4)15-7-11/h5-7,14H,8H2,1-4H3. The molecule has 0 saturated heterocycles. The van der Waals surface area contributed by atoms with Crippen molar-refractivity contribution in [3.05, 3.63) is 35.3 Å². The summed E-state index contributed by atoms with van der Waals surface area (Å²) in [6, 6.07) is 3.79. The third-order valence-corrected chi connectivity index (χ3v) is 3.07. The van der Waals surface area contributed by atoms with Crippen molar-refractivity contribution >= 4 is 5.69 Å². The molecule has 0 saturated carbocycles. The van der Waals surface area contributed by atoms with Crippen LogP contribution in [-0.2, 0) is 13.6 Å². The Morgan fingerprint density at radius 3 is 2.61 bits per heavy atom. The van der Waals surface area contributed by atoms with E-state index in [4.69, 9.17) is 4.74 Å². The van der Waals surface area contributed by atoms with Crippen LogP contribution in [0.2, 0.25) is 0 Å². The second-order valence-electron chi connectivity index (χ2n) is 4.22. The molecule has 5 nitrogen and oxygen atoms in total. The van der Waals surface area contributed by atoms with E-state index in [0.717, 1.165) is 17.9 Å². The highest BCUT2D eigenvalue weighted by molar-refractivity contribution is 5.43. The summed E-state index contributed by atoms with van der Waals surface area (Å²) in [5, 5.41) is 7.73. The highest BCUT2D eigenvalue weighted by atomic mass is 16.5. The molecule has 0 radical (unpaired) electrons. The van der Waals surface area contributed by atoms with Gasteiger partial charge < -0.3 is 10.1 Å². The molecule has 5 heteroatoms. The van der Waals surface area contributed by atoms with Crippen LogP contribution in [0.3, 0.4) is 0 Å². The molecule has 0 amide bonds. The monoisotopic (exact) mass is 246 g/mol. The molecule has 18 heavy (non-hydrogen) atoms. The summed E-state index contributed by atoms with van der Waals surface area (Å²) in [5.74, 6) is 0.620. The van der Waals surface area contributed by atoms with Crippen LogP contribution in [-0.4, -0.2) is 21.9 Å². The number of nitrogens with one attached hydrogen (secondary N) is 1. The van der Waals surface area contributed by atoms with E-state index in [9.17, 15) is 0 Å². The summed E-state index contributed by atoms with van der Waals surface area (Å²) in [7, 11) is 3.57. The first kappa shape index (κ1) is 12.4. The maximum atomic E-state index is 5.02. The summed E-state index contributed by atoms with van der Waals surface area (Å²) in [6.07, 6.45) is 1.76. The molecule has 96 valence electrons. The molecule has 2 aromatic rings. The Bertz CT molecular complexity index is 531. The molecule has 2 rings (SSSR count). The van der Waals surface area contributed by atoms with Crippen LogP contribution in [0.5, 0.6) is 5.88 Å². The summed E-state index contributed by atoms with van der Waals surface area (Å²) in [6.45, 7) is 4.85. The largest absolute Gasteiger partial charge is 0.481 e. The molecule has 0 bridgehead atoms. The first-order valence-corrected chi connectivity index (χ1v) is 5.85. The highest BCUT2D eigenvalue weighted by Gasteiger charge is 2.08. The minimum absolute atomic E-state index is 0.620. The number of ether oxygens (including phenoxy) is 1. The molecule has 2 heterocycles. The molecule has 0 aliphatic heterocycles. The number of rotatable bonds is 4. The molecule has 0 aliphatic carbocycles. The number of pyridine rings is 1. The zero-order valence-electron chi connectivity index (χ0n) is 11.2. The van der Waals surface area contributed by atoms with Crippen molar-refractivity contribution in [2.45, 2.75) is 20.4 Å². The fourth-order valence-electron chi connectivity index (χ4n) is 1.87. The second kappa shape index (κ2) is 5.08. The maximum absolute atomic E-state index is 5.02. The number of hydrogen-bond acceptors (Lipinski definition) is 4. The van der Waals surface area contributed by atoms with E-state index < -0.39 is 0 Å². The lowest BCUT2D eigenvalue weighted by molar-refractivity contribution is 0.398. The summed E-state index contributed by atoms with van der Waals surface area (Å²) in [4.78, 5) is 4.15. The van der Waals surface area contributed by atoms with E-state index in [1.165, 1.54) is 11.3 Å². The lowest BCUT2D eigenvalue weighted by Crippen LogP contribution is -2.02. The van der Waals surface area contributed by atoms with Crippen molar-refractivity contribution in [3.63, 3.8) is 0 Å². The SMILES string of the molecule is COc1ccc(NCc2c(C)nn(C)c2C)cn1. The van der Waals surface area contributed by atoms with E-state index in [0.29, 0.717) is 5.88 Å². The smallest absolute Gasteiger partial charge is 0.213 e. The molecule has 1 N–H and O–H groups in total. The lowest BCUT2D eigenvalue weighted by Gasteiger charge is -2.07. The van der Waals surface area contributed by atoms with Crippen LogP contribution in [0.15, 0.2) is 18.3 Å². The van der Waals surface area contributed by atoms with E-state index in [2.05, 4.69) is 22.3 Å². The summed E-state index contributed by atoms with van der Waals surface area (Å²) in [5.41, 5.74) is 4.44. The third kappa shape index (κ3) is 2.45. The zero-order chi connectivity index (χ0) is 13.1. The van der Waals surface area contributed by atoms with Crippen molar-refractivity contribution < 1.29 is 4.74 Å². The van der Waals surface area contributed by atoms with Gasteiger partial charge >= 0.3 is 0 Å². The molecule has 0 aromatic carbocycles. The van der Waals surface area contributed by atoms with E-state index in [1.807, 2.05) is 30.8 Å². The van der Waals surface area contributed by atoms with Crippen molar-refractivity contribution in [3.8, 4) is 5.88 Å². The molecular weight excluding hydrogens is 228 g/mol. The van der Waals surface area contributed by atoms with Gasteiger partial charge in [-0.15, -0.1) is 0 Å². The second-order valence-corrected chi connectivity index (χ2v) is 4.22. The van der Waals surface area contributed by atoms with Gasteiger partial charge in [0.1, 0.15) is 0 Å². The summed E-state index contributed by atoms with van der Waals surface area (Å²) < 4.78 is 6.92.